The van der Waals surface area contributed by atoms with E-state index in [-0.39, 0.29) is 28.9 Å². The van der Waals surface area contributed by atoms with Crippen LogP contribution in [0.5, 0.6) is 5.75 Å². The van der Waals surface area contributed by atoms with Gasteiger partial charge in [0.15, 0.2) is 16.4 Å². The molecule has 2 aromatic carbocycles. The van der Waals surface area contributed by atoms with Gasteiger partial charge in [0.2, 0.25) is 0 Å². The summed E-state index contributed by atoms with van der Waals surface area (Å²) in [5, 5.41) is 2.87. The minimum Gasteiger partial charge on any atom is -0.483 e. The highest BCUT2D eigenvalue weighted by Gasteiger charge is 2.19. The molecule has 0 heterocycles. The molecule has 6 heteroatoms. The van der Waals surface area contributed by atoms with Crippen molar-refractivity contribution in [2.24, 2.45) is 0 Å². The molecule has 0 aliphatic heterocycles. The van der Waals surface area contributed by atoms with E-state index in [2.05, 4.69) is 26.1 Å². The van der Waals surface area contributed by atoms with Crippen LogP contribution >= 0.6 is 0 Å². The van der Waals surface area contributed by atoms with Gasteiger partial charge < -0.3 is 10.1 Å². The topological polar surface area (TPSA) is 72.5 Å². The number of ether oxygens (including phenoxy) is 1. The number of para-hydroxylation sites is 1. The van der Waals surface area contributed by atoms with Crippen molar-refractivity contribution in [3.63, 3.8) is 0 Å². The Labute approximate surface area is 161 Å². The van der Waals surface area contributed by atoms with Crippen LogP contribution in [0.15, 0.2) is 53.4 Å². The molecule has 1 N–H and O–H groups in total. The molecule has 5 nitrogen and oxygen atoms in total. The third-order valence-electron chi connectivity index (χ3n) is 4.24. The Balaban J connectivity index is 1.98. The zero-order valence-corrected chi connectivity index (χ0v) is 17.3. The first-order valence-corrected chi connectivity index (χ1v) is 10.7. The molecule has 0 saturated carbocycles. The zero-order valence-electron chi connectivity index (χ0n) is 16.4. The lowest BCUT2D eigenvalue weighted by atomic mass is 9.86. The number of nitrogens with one attached hydrogen (secondary N) is 1. The summed E-state index contributed by atoms with van der Waals surface area (Å²) in [6, 6.07) is 13.9. The first-order valence-electron chi connectivity index (χ1n) is 8.80. The Morgan fingerprint density at radius 1 is 1.07 bits per heavy atom. The van der Waals surface area contributed by atoms with Crippen LogP contribution in [0.3, 0.4) is 0 Å². The van der Waals surface area contributed by atoms with Gasteiger partial charge in [-0.05, 0) is 41.7 Å². The van der Waals surface area contributed by atoms with Gasteiger partial charge in [0.05, 0.1) is 10.9 Å². The lowest BCUT2D eigenvalue weighted by molar-refractivity contribution is -0.123. The standard InChI is InChI=1S/C21H27NO4S/c1-15(16-10-12-17(13-11-16)27(5,24)25)22-20(23)14-26-19-9-7-6-8-18(19)21(2,3)4/h6-13,15H,14H2,1-5H3,(H,22,23)/t15-/m1/s1. The summed E-state index contributed by atoms with van der Waals surface area (Å²) in [4.78, 5) is 12.5. The summed E-state index contributed by atoms with van der Waals surface area (Å²) in [6.45, 7) is 8.04. The molecule has 0 bridgehead atoms. The fraction of sp³-hybridized carbons (Fsp3) is 0.381. The lowest BCUT2D eigenvalue weighted by Gasteiger charge is -2.23. The van der Waals surface area contributed by atoms with Gasteiger partial charge in [-0.15, -0.1) is 0 Å². The quantitative estimate of drug-likeness (QED) is 0.819. The predicted molar refractivity (Wildman–Crippen MR) is 107 cm³/mol. The molecule has 27 heavy (non-hydrogen) atoms. The minimum atomic E-state index is -3.23. The molecule has 0 radical (unpaired) electrons. The molecule has 0 saturated heterocycles. The molecule has 0 unspecified atom stereocenters. The Kier molecular flexibility index (Phi) is 6.31. The Hall–Kier alpha value is -2.34. The fourth-order valence-electron chi connectivity index (χ4n) is 2.73. The smallest absolute Gasteiger partial charge is 0.258 e. The summed E-state index contributed by atoms with van der Waals surface area (Å²) in [6.07, 6.45) is 1.17. The van der Waals surface area contributed by atoms with E-state index >= 15 is 0 Å². The van der Waals surface area contributed by atoms with E-state index in [4.69, 9.17) is 4.74 Å². The number of rotatable bonds is 6. The molecular weight excluding hydrogens is 362 g/mol. The number of sulfone groups is 1. The van der Waals surface area contributed by atoms with E-state index in [1.54, 1.807) is 24.3 Å². The lowest BCUT2D eigenvalue weighted by Crippen LogP contribution is -2.31. The van der Waals surface area contributed by atoms with Crippen molar-refractivity contribution >= 4 is 15.7 Å². The second kappa shape index (κ2) is 8.13. The Morgan fingerprint density at radius 3 is 2.22 bits per heavy atom. The molecule has 2 aromatic rings. The van der Waals surface area contributed by atoms with Crippen LogP contribution in [0.4, 0.5) is 0 Å². The molecule has 0 aromatic heterocycles. The highest BCUT2D eigenvalue weighted by Crippen LogP contribution is 2.30. The van der Waals surface area contributed by atoms with Crippen molar-refractivity contribution in [2.75, 3.05) is 12.9 Å². The van der Waals surface area contributed by atoms with Crippen LogP contribution in [0.2, 0.25) is 0 Å². The Morgan fingerprint density at radius 2 is 1.67 bits per heavy atom. The third kappa shape index (κ3) is 5.82. The highest BCUT2D eigenvalue weighted by molar-refractivity contribution is 7.90. The van der Waals surface area contributed by atoms with Crippen LogP contribution in [0, 0.1) is 0 Å². The second-order valence-electron chi connectivity index (χ2n) is 7.67. The van der Waals surface area contributed by atoms with E-state index in [1.165, 1.54) is 6.26 Å². The molecule has 146 valence electrons. The average Bonchev–Trinajstić information content (AvgIpc) is 2.58. The van der Waals surface area contributed by atoms with Crippen molar-refractivity contribution < 1.29 is 17.9 Å². The van der Waals surface area contributed by atoms with Gasteiger partial charge in [-0.1, -0.05) is 51.1 Å². The number of carbonyl (C=O) groups excluding carboxylic acids is 1. The maximum absolute atomic E-state index is 12.3. The molecule has 1 amide bonds. The summed E-state index contributed by atoms with van der Waals surface area (Å²) in [7, 11) is -3.23. The Bertz CT molecular complexity index is 897. The zero-order chi connectivity index (χ0) is 20.2. The van der Waals surface area contributed by atoms with Crippen molar-refractivity contribution in [1.29, 1.82) is 0 Å². The van der Waals surface area contributed by atoms with Crippen molar-refractivity contribution in [2.45, 2.75) is 44.0 Å². The summed E-state index contributed by atoms with van der Waals surface area (Å²) >= 11 is 0. The van der Waals surface area contributed by atoms with E-state index < -0.39 is 9.84 Å². The van der Waals surface area contributed by atoms with Gasteiger partial charge in [-0.3, -0.25) is 4.79 Å². The normalized spacial score (nSPS) is 13.1. The molecule has 0 aliphatic rings. The van der Waals surface area contributed by atoms with Crippen LogP contribution in [-0.4, -0.2) is 27.2 Å². The van der Waals surface area contributed by atoms with Gasteiger partial charge in [0.1, 0.15) is 5.75 Å². The number of benzene rings is 2. The summed E-state index contributed by atoms with van der Waals surface area (Å²) in [5.41, 5.74) is 1.79. The predicted octanol–water partition coefficient (Wildman–Crippen LogP) is 3.64. The van der Waals surface area contributed by atoms with Gasteiger partial charge in [-0.25, -0.2) is 8.42 Å². The van der Waals surface area contributed by atoms with Gasteiger partial charge in [-0.2, -0.15) is 0 Å². The molecule has 0 spiro atoms. The van der Waals surface area contributed by atoms with E-state index in [0.717, 1.165) is 11.1 Å². The summed E-state index contributed by atoms with van der Waals surface area (Å²) in [5.74, 6) is 0.462. The van der Waals surface area contributed by atoms with Crippen molar-refractivity contribution in [1.82, 2.24) is 5.32 Å². The van der Waals surface area contributed by atoms with Gasteiger partial charge >= 0.3 is 0 Å². The molecule has 0 aliphatic carbocycles. The summed E-state index contributed by atoms with van der Waals surface area (Å²) < 4.78 is 28.8. The number of carbonyl (C=O) groups is 1. The fourth-order valence-corrected chi connectivity index (χ4v) is 3.36. The SMILES string of the molecule is C[C@@H](NC(=O)COc1ccccc1C(C)(C)C)c1ccc(S(C)(=O)=O)cc1. The minimum absolute atomic E-state index is 0.0816. The monoisotopic (exact) mass is 389 g/mol. The van der Waals surface area contributed by atoms with Crippen LogP contribution in [0.25, 0.3) is 0 Å². The molecule has 1 atom stereocenters. The highest BCUT2D eigenvalue weighted by atomic mass is 32.2. The first-order chi connectivity index (χ1) is 12.5. The third-order valence-corrected chi connectivity index (χ3v) is 5.37. The number of amides is 1. The maximum atomic E-state index is 12.3. The first kappa shape index (κ1) is 21.0. The largest absolute Gasteiger partial charge is 0.483 e. The second-order valence-corrected chi connectivity index (χ2v) is 9.68. The van der Waals surface area contributed by atoms with Gasteiger partial charge in [0, 0.05) is 6.26 Å². The number of hydrogen-bond donors (Lipinski definition) is 1. The average molecular weight is 390 g/mol. The number of hydrogen-bond acceptors (Lipinski definition) is 4. The van der Waals surface area contributed by atoms with Crippen LogP contribution in [0.1, 0.15) is 44.9 Å². The maximum Gasteiger partial charge on any atom is 0.258 e. The molecular formula is C21H27NO4S. The molecule has 2 rings (SSSR count). The van der Waals surface area contributed by atoms with Gasteiger partial charge in [0.25, 0.3) is 5.91 Å². The van der Waals surface area contributed by atoms with Crippen molar-refractivity contribution in [3.05, 3.63) is 59.7 Å². The van der Waals surface area contributed by atoms with E-state index in [1.807, 2.05) is 31.2 Å². The molecule has 0 fully saturated rings. The van der Waals surface area contributed by atoms with Crippen LogP contribution in [-0.2, 0) is 20.0 Å². The van der Waals surface area contributed by atoms with E-state index in [0.29, 0.717) is 5.75 Å². The van der Waals surface area contributed by atoms with Crippen LogP contribution < -0.4 is 10.1 Å². The van der Waals surface area contributed by atoms with Crippen molar-refractivity contribution in [3.8, 4) is 5.75 Å². The van der Waals surface area contributed by atoms with E-state index in [9.17, 15) is 13.2 Å².